The second kappa shape index (κ2) is 6.29. The Labute approximate surface area is 132 Å². The third-order valence-electron chi connectivity index (χ3n) is 2.30. The van der Waals surface area contributed by atoms with Crippen LogP contribution in [0.3, 0.4) is 0 Å². The Morgan fingerprint density at radius 2 is 1.90 bits per heavy atom. The van der Waals surface area contributed by atoms with E-state index in [2.05, 4.69) is 9.97 Å². The van der Waals surface area contributed by atoms with Gasteiger partial charge in [-0.15, -0.1) is 0 Å². The quantitative estimate of drug-likeness (QED) is 0.729. The highest BCUT2D eigenvalue weighted by Crippen LogP contribution is 2.37. The third kappa shape index (κ3) is 3.93. The number of hydrogen-bond donors (Lipinski definition) is 0. The number of nitrogens with zero attached hydrogens (tertiary/aromatic N) is 2. The molecule has 0 bridgehead atoms. The van der Waals surface area contributed by atoms with Gasteiger partial charge in [-0.25, -0.2) is 4.98 Å². The van der Waals surface area contributed by atoms with Crippen LogP contribution in [0.2, 0.25) is 10.0 Å². The van der Waals surface area contributed by atoms with E-state index in [0.29, 0.717) is 9.92 Å². The Hall–Kier alpha value is -1.18. The van der Waals surface area contributed by atoms with Gasteiger partial charge in [-0.05, 0) is 23.9 Å². The minimum absolute atomic E-state index is 0.133. The molecule has 0 spiro atoms. The fraction of sp³-hybridized carbons (Fsp3) is 0.167. The van der Waals surface area contributed by atoms with Crippen molar-refractivity contribution in [3.05, 3.63) is 40.0 Å². The van der Waals surface area contributed by atoms with Gasteiger partial charge < -0.3 is 4.74 Å². The van der Waals surface area contributed by atoms with Gasteiger partial charge in [0.2, 0.25) is 5.88 Å². The molecule has 0 saturated carbocycles. The largest absolute Gasteiger partial charge is 0.481 e. The van der Waals surface area contributed by atoms with Crippen LogP contribution in [-0.4, -0.2) is 17.1 Å². The van der Waals surface area contributed by atoms with Crippen molar-refractivity contribution in [2.45, 2.75) is 16.2 Å². The molecule has 112 valence electrons. The molecule has 0 aliphatic heterocycles. The van der Waals surface area contributed by atoms with Crippen LogP contribution in [0.1, 0.15) is 5.69 Å². The summed E-state index contributed by atoms with van der Waals surface area (Å²) in [5.41, 5.74) is -1.09. The highest BCUT2D eigenvalue weighted by Gasteiger charge is 2.34. The van der Waals surface area contributed by atoms with Crippen LogP contribution in [0.5, 0.6) is 5.88 Å². The molecular weight excluding hydrogens is 348 g/mol. The Morgan fingerprint density at radius 1 is 1.19 bits per heavy atom. The van der Waals surface area contributed by atoms with Gasteiger partial charge in [0, 0.05) is 11.0 Å². The molecule has 1 aromatic carbocycles. The molecule has 0 amide bonds. The van der Waals surface area contributed by atoms with Crippen LogP contribution in [0.15, 0.2) is 34.3 Å². The molecule has 21 heavy (non-hydrogen) atoms. The van der Waals surface area contributed by atoms with Crippen molar-refractivity contribution < 1.29 is 17.9 Å². The van der Waals surface area contributed by atoms with Gasteiger partial charge in [0.05, 0.1) is 17.2 Å². The normalized spacial score (nSPS) is 11.5. The summed E-state index contributed by atoms with van der Waals surface area (Å²) in [5.74, 6) is -0.182. The van der Waals surface area contributed by atoms with Gasteiger partial charge in [0.15, 0.2) is 10.9 Å². The van der Waals surface area contributed by atoms with Crippen molar-refractivity contribution in [1.82, 2.24) is 9.97 Å². The first-order chi connectivity index (χ1) is 9.81. The van der Waals surface area contributed by atoms with Crippen molar-refractivity contribution in [2.75, 3.05) is 7.11 Å². The minimum atomic E-state index is -4.59. The number of aromatic nitrogens is 2. The number of alkyl halides is 3. The number of methoxy groups -OCH3 is 1. The molecule has 0 radical (unpaired) electrons. The minimum Gasteiger partial charge on any atom is -0.481 e. The summed E-state index contributed by atoms with van der Waals surface area (Å²) < 4.78 is 43.1. The molecule has 2 rings (SSSR count). The predicted octanol–water partition coefficient (Wildman–Crippen LogP) is 4.96. The lowest BCUT2D eigenvalue weighted by Crippen LogP contribution is -2.10. The van der Waals surface area contributed by atoms with Crippen molar-refractivity contribution in [1.29, 1.82) is 0 Å². The third-order valence-corrected chi connectivity index (χ3v) is 4.16. The number of hydrogen-bond acceptors (Lipinski definition) is 4. The zero-order chi connectivity index (χ0) is 15.6. The van der Waals surface area contributed by atoms with Crippen molar-refractivity contribution in [2.24, 2.45) is 0 Å². The van der Waals surface area contributed by atoms with E-state index in [0.717, 1.165) is 17.8 Å². The van der Waals surface area contributed by atoms with Gasteiger partial charge in [-0.3, -0.25) is 0 Å². The summed E-state index contributed by atoms with van der Waals surface area (Å²) in [7, 11) is 1.23. The molecule has 3 nitrogen and oxygen atoms in total. The van der Waals surface area contributed by atoms with Gasteiger partial charge in [-0.2, -0.15) is 18.2 Å². The van der Waals surface area contributed by atoms with Crippen LogP contribution in [-0.2, 0) is 6.18 Å². The summed E-state index contributed by atoms with van der Waals surface area (Å²) in [4.78, 5) is 7.77. The van der Waals surface area contributed by atoms with E-state index in [1.807, 2.05) is 0 Å². The molecule has 0 saturated heterocycles. The molecule has 0 unspecified atom stereocenters. The van der Waals surface area contributed by atoms with E-state index < -0.39 is 11.9 Å². The number of benzene rings is 1. The van der Waals surface area contributed by atoms with E-state index in [9.17, 15) is 13.2 Å². The maximum atomic E-state index is 12.8. The van der Waals surface area contributed by atoms with Gasteiger partial charge in [0.1, 0.15) is 0 Å². The van der Waals surface area contributed by atoms with Crippen molar-refractivity contribution >= 4 is 35.0 Å². The molecule has 0 aliphatic rings. The predicted molar refractivity (Wildman–Crippen MR) is 74.2 cm³/mol. The molecule has 0 atom stereocenters. The molecular formula is C12H7Cl2F3N2OS. The first-order valence-electron chi connectivity index (χ1n) is 5.43. The van der Waals surface area contributed by atoms with Gasteiger partial charge in [-0.1, -0.05) is 29.3 Å². The standard InChI is InChI=1S/C12H7Cl2F3N2OS/c1-20-9-5-8(12(15,16)17)18-11(19-9)21-7-4-2-3-6(13)10(7)14/h2-5H,1H3. The summed E-state index contributed by atoms with van der Waals surface area (Å²) in [6.07, 6.45) is -4.59. The zero-order valence-corrected chi connectivity index (χ0v) is 12.7. The van der Waals surface area contributed by atoms with E-state index >= 15 is 0 Å². The second-order valence-electron chi connectivity index (χ2n) is 3.73. The van der Waals surface area contributed by atoms with Crippen molar-refractivity contribution in [3.8, 4) is 5.88 Å². The monoisotopic (exact) mass is 354 g/mol. The van der Waals surface area contributed by atoms with Crippen LogP contribution in [0.25, 0.3) is 0 Å². The zero-order valence-electron chi connectivity index (χ0n) is 10.4. The lowest BCUT2D eigenvalue weighted by molar-refractivity contribution is -0.141. The highest BCUT2D eigenvalue weighted by atomic mass is 35.5. The molecule has 0 fully saturated rings. The molecule has 0 aliphatic carbocycles. The SMILES string of the molecule is COc1cc(C(F)(F)F)nc(Sc2cccc(Cl)c2Cl)n1. The lowest BCUT2D eigenvalue weighted by atomic mass is 10.4. The Bertz CT molecular complexity index is 667. The smallest absolute Gasteiger partial charge is 0.433 e. The van der Waals surface area contributed by atoms with Gasteiger partial charge in [0.25, 0.3) is 0 Å². The number of halogens is 5. The summed E-state index contributed by atoms with van der Waals surface area (Å²) in [6.45, 7) is 0. The van der Waals surface area contributed by atoms with Crippen LogP contribution < -0.4 is 4.74 Å². The first kappa shape index (κ1) is 16.2. The maximum Gasteiger partial charge on any atom is 0.433 e. The van der Waals surface area contributed by atoms with E-state index in [-0.39, 0.29) is 16.1 Å². The maximum absolute atomic E-state index is 12.8. The molecule has 1 heterocycles. The Balaban J connectivity index is 2.42. The van der Waals surface area contributed by atoms with Crippen LogP contribution in [0.4, 0.5) is 13.2 Å². The second-order valence-corrected chi connectivity index (χ2v) is 5.52. The fourth-order valence-electron chi connectivity index (χ4n) is 1.36. The average molecular weight is 355 g/mol. The summed E-state index contributed by atoms with van der Waals surface area (Å²) >= 11 is 12.7. The lowest BCUT2D eigenvalue weighted by Gasteiger charge is -2.10. The van der Waals surface area contributed by atoms with Crippen LogP contribution >= 0.6 is 35.0 Å². The van der Waals surface area contributed by atoms with E-state index in [1.165, 1.54) is 7.11 Å². The fourth-order valence-corrected chi connectivity index (χ4v) is 2.66. The van der Waals surface area contributed by atoms with E-state index in [1.54, 1.807) is 18.2 Å². The average Bonchev–Trinajstić information content (AvgIpc) is 2.42. The number of rotatable bonds is 3. The Morgan fingerprint density at radius 3 is 2.52 bits per heavy atom. The summed E-state index contributed by atoms with van der Waals surface area (Å²) in [6, 6.07) is 5.53. The molecule has 1 aromatic heterocycles. The highest BCUT2D eigenvalue weighted by molar-refractivity contribution is 7.99. The first-order valence-corrected chi connectivity index (χ1v) is 7.00. The molecule has 0 N–H and O–H groups in total. The topological polar surface area (TPSA) is 35.0 Å². The summed E-state index contributed by atoms with van der Waals surface area (Å²) in [5, 5.41) is 0.385. The Kier molecular flexibility index (Phi) is 4.85. The molecule has 9 heteroatoms. The van der Waals surface area contributed by atoms with E-state index in [4.69, 9.17) is 27.9 Å². The molecule has 2 aromatic rings. The van der Waals surface area contributed by atoms with Gasteiger partial charge >= 0.3 is 6.18 Å². The van der Waals surface area contributed by atoms with Crippen molar-refractivity contribution in [3.63, 3.8) is 0 Å². The number of ether oxygens (including phenoxy) is 1. The van der Waals surface area contributed by atoms with Crippen LogP contribution in [0, 0.1) is 0 Å².